The molecule has 0 bridgehead atoms. The normalized spacial score (nSPS) is 21.1. The van der Waals surface area contributed by atoms with Crippen molar-refractivity contribution in [1.29, 1.82) is 0 Å². The first kappa shape index (κ1) is 28.3. The van der Waals surface area contributed by atoms with Crippen molar-refractivity contribution in [1.82, 2.24) is 0 Å². The van der Waals surface area contributed by atoms with Crippen molar-refractivity contribution in [3.8, 4) is 28.0 Å². The average molecular weight is 542 g/mol. The van der Waals surface area contributed by atoms with Crippen LogP contribution in [0.25, 0.3) is 27.8 Å². The molecule has 1 saturated carbocycles. The third kappa shape index (κ3) is 6.24. The molecular weight excluding hydrogens is 504 g/mol. The Kier molecular flexibility index (Phi) is 9.19. The van der Waals surface area contributed by atoms with Gasteiger partial charge in [-0.1, -0.05) is 61.4 Å². The van der Waals surface area contributed by atoms with Gasteiger partial charge in [0.1, 0.15) is 5.82 Å². The van der Waals surface area contributed by atoms with Gasteiger partial charge >= 0.3 is 0 Å². The van der Waals surface area contributed by atoms with Crippen LogP contribution < -0.4 is 4.74 Å². The summed E-state index contributed by atoms with van der Waals surface area (Å²) in [7, 11) is 1.72. The minimum absolute atomic E-state index is 0.104. The molecular formula is C35H38BF3O. The predicted octanol–water partition coefficient (Wildman–Crippen LogP) is 9.36. The van der Waals surface area contributed by atoms with Crippen LogP contribution in [0.5, 0.6) is 5.75 Å². The summed E-state index contributed by atoms with van der Waals surface area (Å²) in [5.41, 5.74) is 4.05. The quantitative estimate of drug-likeness (QED) is 0.193. The van der Waals surface area contributed by atoms with E-state index >= 15 is 4.39 Å². The van der Waals surface area contributed by atoms with E-state index in [2.05, 4.69) is 12.7 Å². The van der Waals surface area contributed by atoms with Gasteiger partial charge in [-0.05, 0) is 103 Å². The van der Waals surface area contributed by atoms with Crippen molar-refractivity contribution in [2.24, 2.45) is 17.8 Å². The third-order valence-electron chi connectivity index (χ3n) is 8.98. The molecule has 2 aliphatic rings. The van der Waals surface area contributed by atoms with Gasteiger partial charge in [-0.3, -0.25) is 0 Å². The monoisotopic (exact) mass is 542 g/mol. The molecule has 0 spiro atoms. The molecule has 3 aromatic carbocycles. The number of halogens is 3. The first-order valence-corrected chi connectivity index (χ1v) is 14.8. The Balaban J connectivity index is 1.23. The van der Waals surface area contributed by atoms with Crippen LogP contribution in [0.2, 0.25) is 0 Å². The lowest BCUT2D eigenvalue weighted by molar-refractivity contribution is 0.190. The number of ether oxygens (including phenoxy) is 1. The van der Waals surface area contributed by atoms with E-state index < -0.39 is 11.6 Å². The van der Waals surface area contributed by atoms with Gasteiger partial charge in [0.15, 0.2) is 19.4 Å². The molecule has 0 N–H and O–H groups in total. The van der Waals surface area contributed by atoms with E-state index in [9.17, 15) is 8.78 Å². The average Bonchev–Trinajstić information content (AvgIpc) is 2.99. The summed E-state index contributed by atoms with van der Waals surface area (Å²) >= 11 is 0. The second-order valence-electron chi connectivity index (χ2n) is 11.4. The Labute approximate surface area is 237 Å². The fourth-order valence-corrected chi connectivity index (χ4v) is 6.65. The zero-order chi connectivity index (χ0) is 28.1. The van der Waals surface area contributed by atoms with Gasteiger partial charge in [0.05, 0.1) is 6.51 Å². The van der Waals surface area contributed by atoms with Crippen LogP contribution in [0.15, 0.2) is 73.3 Å². The summed E-state index contributed by atoms with van der Waals surface area (Å²) < 4.78 is 49.4. The molecule has 208 valence electrons. The molecule has 2 aliphatic carbocycles. The van der Waals surface area contributed by atoms with Gasteiger partial charge in [0, 0.05) is 11.1 Å². The van der Waals surface area contributed by atoms with Crippen molar-refractivity contribution in [3.63, 3.8) is 0 Å². The fourth-order valence-electron chi connectivity index (χ4n) is 6.65. The molecule has 5 heteroatoms. The van der Waals surface area contributed by atoms with Gasteiger partial charge in [-0.25, -0.2) is 8.78 Å². The van der Waals surface area contributed by atoms with Gasteiger partial charge in [0.2, 0.25) is 5.82 Å². The summed E-state index contributed by atoms with van der Waals surface area (Å²) in [6.45, 7) is 4.12. The van der Waals surface area contributed by atoms with E-state index in [1.807, 2.05) is 18.2 Å². The molecule has 1 atom stereocenters. The minimum Gasteiger partial charge on any atom is -0.500 e. The summed E-state index contributed by atoms with van der Waals surface area (Å²) in [5.74, 6) is 0.122. The second kappa shape index (κ2) is 13.0. The highest BCUT2D eigenvalue weighted by molar-refractivity contribution is 6.08. The Bertz CT molecular complexity index is 1360. The van der Waals surface area contributed by atoms with Crippen molar-refractivity contribution in [2.75, 3.05) is 6.51 Å². The van der Waals surface area contributed by atoms with E-state index in [1.165, 1.54) is 56.2 Å². The Hall–Kier alpha value is -3.21. The second-order valence-corrected chi connectivity index (χ2v) is 11.4. The third-order valence-corrected chi connectivity index (χ3v) is 8.98. The topological polar surface area (TPSA) is 9.23 Å². The van der Waals surface area contributed by atoms with E-state index in [4.69, 9.17) is 4.74 Å². The maximum atomic E-state index is 15.3. The van der Waals surface area contributed by atoms with E-state index in [0.29, 0.717) is 16.7 Å². The van der Waals surface area contributed by atoms with Gasteiger partial charge < -0.3 is 4.74 Å². The van der Waals surface area contributed by atoms with Crippen LogP contribution in [0.1, 0.15) is 63.4 Å². The summed E-state index contributed by atoms with van der Waals surface area (Å²) in [5, 5.41) is 0. The SMILES string of the molecule is BCOc1ccc(-c2ccc(-c3ccc(C4=CCC(C5CCC(CCC=C)CC5)CC4)cc3F)cc2)c(F)c1F. The molecule has 0 saturated heterocycles. The minimum atomic E-state index is -1.000. The number of hydrogen-bond acceptors (Lipinski definition) is 1. The van der Waals surface area contributed by atoms with Crippen molar-refractivity contribution in [2.45, 2.75) is 57.8 Å². The van der Waals surface area contributed by atoms with Crippen LogP contribution in [0.4, 0.5) is 13.2 Å². The van der Waals surface area contributed by atoms with E-state index in [-0.39, 0.29) is 23.6 Å². The first-order chi connectivity index (χ1) is 19.5. The predicted molar refractivity (Wildman–Crippen MR) is 161 cm³/mol. The van der Waals surface area contributed by atoms with Crippen LogP contribution >= 0.6 is 0 Å². The molecule has 5 rings (SSSR count). The Morgan fingerprint density at radius 3 is 2.10 bits per heavy atom. The lowest BCUT2D eigenvalue weighted by Crippen LogP contribution is -2.23. The van der Waals surface area contributed by atoms with Gasteiger partial charge in [0.25, 0.3) is 0 Å². The molecule has 0 heterocycles. The molecule has 1 nitrogen and oxygen atoms in total. The molecule has 3 aromatic rings. The van der Waals surface area contributed by atoms with E-state index in [1.54, 1.807) is 38.2 Å². The molecule has 1 fully saturated rings. The number of rotatable bonds is 9. The fraction of sp³-hybridized carbons (Fsp3) is 0.371. The van der Waals surface area contributed by atoms with Gasteiger partial charge in [-0.15, -0.1) is 6.58 Å². The maximum absolute atomic E-state index is 15.3. The smallest absolute Gasteiger partial charge is 0.201 e. The maximum Gasteiger partial charge on any atom is 0.201 e. The van der Waals surface area contributed by atoms with Crippen LogP contribution in [-0.4, -0.2) is 14.4 Å². The lowest BCUT2D eigenvalue weighted by atomic mass is 9.70. The lowest BCUT2D eigenvalue weighted by Gasteiger charge is -2.35. The Morgan fingerprint density at radius 1 is 0.800 bits per heavy atom. The summed E-state index contributed by atoms with van der Waals surface area (Å²) in [4.78, 5) is 0. The molecule has 0 radical (unpaired) electrons. The highest BCUT2D eigenvalue weighted by Crippen LogP contribution is 2.42. The zero-order valence-corrected chi connectivity index (χ0v) is 23.4. The molecule has 1 unspecified atom stereocenters. The van der Waals surface area contributed by atoms with E-state index in [0.717, 1.165) is 42.6 Å². The molecule has 0 aliphatic heterocycles. The van der Waals surface area contributed by atoms with Crippen molar-refractivity contribution in [3.05, 3.63) is 96.3 Å². The standard InChI is InChI=1S/C35H38BF3O/c1-2-3-4-23-5-7-24(8-6-23)25-9-11-26(12-10-25)29-17-18-30(32(37)21-29)27-13-15-28(16-14-27)31-19-20-33(40-22-36)35(39)34(31)38/h2,11,13-21,23-25H,1,3-10,12,22,36H2. The summed E-state index contributed by atoms with van der Waals surface area (Å²) in [6.07, 6.45) is 15.5. The Morgan fingerprint density at radius 2 is 1.48 bits per heavy atom. The zero-order valence-electron chi connectivity index (χ0n) is 23.4. The molecule has 0 amide bonds. The van der Waals surface area contributed by atoms with Crippen molar-refractivity contribution >= 4 is 13.4 Å². The van der Waals surface area contributed by atoms with Gasteiger partial charge in [-0.2, -0.15) is 4.39 Å². The highest BCUT2D eigenvalue weighted by atomic mass is 19.2. The number of allylic oxidation sites excluding steroid dienone is 3. The van der Waals surface area contributed by atoms with Crippen LogP contribution in [0.3, 0.4) is 0 Å². The first-order valence-electron chi connectivity index (χ1n) is 14.8. The van der Waals surface area contributed by atoms with Crippen LogP contribution in [-0.2, 0) is 0 Å². The van der Waals surface area contributed by atoms with Crippen LogP contribution in [0, 0.1) is 35.2 Å². The van der Waals surface area contributed by atoms with Crippen molar-refractivity contribution < 1.29 is 17.9 Å². The largest absolute Gasteiger partial charge is 0.500 e. The highest BCUT2D eigenvalue weighted by Gasteiger charge is 2.28. The molecule has 0 aromatic heterocycles. The summed E-state index contributed by atoms with van der Waals surface area (Å²) in [6, 6.07) is 15.3. The number of benzene rings is 3. The number of hydrogen-bond donors (Lipinski definition) is 0. The molecule has 40 heavy (non-hydrogen) atoms.